The van der Waals surface area contributed by atoms with Crippen LogP contribution in [-0.4, -0.2) is 12.3 Å². The van der Waals surface area contributed by atoms with Crippen LogP contribution >= 0.6 is 0 Å². The molecule has 0 atom stereocenters. The van der Waals surface area contributed by atoms with E-state index in [1.165, 1.54) is 5.56 Å². The minimum Gasteiger partial charge on any atom is -0.496 e. The van der Waals surface area contributed by atoms with Crippen molar-refractivity contribution in [3.8, 4) is 17.0 Å². The Balaban J connectivity index is 1.57. The number of methoxy groups -OCH3 is 1. The Kier molecular flexibility index (Phi) is 4.67. The molecule has 0 aliphatic heterocycles. The summed E-state index contributed by atoms with van der Waals surface area (Å²) in [6.45, 7) is 1.47. The molecule has 1 heterocycles. The fourth-order valence-electron chi connectivity index (χ4n) is 3.17. The number of hydrogen-bond acceptors (Lipinski definition) is 4. The summed E-state index contributed by atoms with van der Waals surface area (Å²) >= 11 is 0. The molecule has 130 valence electrons. The van der Waals surface area contributed by atoms with Crippen molar-refractivity contribution < 1.29 is 9.26 Å². The van der Waals surface area contributed by atoms with Crippen LogP contribution in [0.15, 0.2) is 77.3 Å². The van der Waals surface area contributed by atoms with Crippen LogP contribution in [0.3, 0.4) is 0 Å². The number of nitrogens with zero attached hydrogens (tertiary/aromatic N) is 1. The monoisotopic (exact) mass is 344 g/mol. The van der Waals surface area contributed by atoms with Crippen molar-refractivity contribution in [2.24, 2.45) is 0 Å². The molecule has 4 rings (SSSR count). The molecule has 1 aromatic heterocycles. The van der Waals surface area contributed by atoms with E-state index in [-0.39, 0.29) is 0 Å². The van der Waals surface area contributed by atoms with E-state index in [0.29, 0.717) is 0 Å². The molecule has 0 unspecified atom stereocenters. The molecule has 4 nitrogen and oxygen atoms in total. The maximum Gasteiger partial charge on any atom is 0.167 e. The standard InChI is InChI=1S/C22H20N2O2/c1-25-20-12-6-3-9-17(20)15-23-14-16-8-2-4-10-18(16)22-19-11-5-7-13-21(19)26-24-22/h2-13,23H,14-15H2,1H3. The molecule has 0 spiro atoms. The van der Waals surface area contributed by atoms with E-state index in [2.05, 4.69) is 28.7 Å². The second-order valence-electron chi connectivity index (χ2n) is 6.10. The molecule has 0 saturated carbocycles. The molecule has 3 aromatic carbocycles. The van der Waals surface area contributed by atoms with Crippen LogP contribution in [0.2, 0.25) is 0 Å². The molecule has 0 amide bonds. The van der Waals surface area contributed by atoms with E-state index in [0.717, 1.165) is 46.6 Å². The van der Waals surface area contributed by atoms with Gasteiger partial charge >= 0.3 is 0 Å². The van der Waals surface area contributed by atoms with Crippen LogP contribution in [0, 0.1) is 0 Å². The average Bonchev–Trinajstić information content (AvgIpc) is 3.13. The second-order valence-corrected chi connectivity index (χ2v) is 6.10. The van der Waals surface area contributed by atoms with Crippen molar-refractivity contribution >= 4 is 11.0 Å². The Morgan fingerprint density at radius 1 is 0.846 bits per heavy atom. The number of aromatic nitrogens is 1. The summed E-state index contributed by atoms with van der Waals surface area (Å²) in [4.78, 5) is 0. The highest BCUT2D eigenvalue weighted by molar-refractivity contribution is 5.92. The van der Waals surface area contributed by atoms with Gasteiger partial charge in [0, 0.05) is 29.6 Å². The third kappa shape index (κ3) is 3.19. The quantitative estimate of drug-likeness (QED) is 0.546. The topological polar surface area (TPSA) is 47.3 Å². The molecular formula is C22H20N2O2. The molecular weight excluding hydrogens is 324 g/mol. The number of para-hydroxylation sites is 2. The second kappa shape index (κ2) is 7.42. The molecule has 1 N–H and O–H groups in total. The smallest absolute Gasteiger partial charge is 0.167 e. The highest BCUT2D eigenvalue weighted by atomic mass is 16.5. The molecule has 0 bridgehead atoms. The first-order valence-electron chi connectivity index (χ1n) is 8.62. The van der Waals surface area contributed by atoms with E-state index in [4.69, 9.17) is 9.26 Å². The summed E-state index contributed by atoms with van der Waals surface area (Å²) in [6.07, 6.45) is 0. The summed E-state index contributed by atoms with van der Waals surface area (Å²) in [5, 5.41) is 8.83. The largest absolute Gasteiger partial charge is 0.496 e. The third-order valence-electron chi connectivity index (χ3n) is 4.47. The Morgan fingerprint density at radius 2 is 1.54 bits per heavy atom. The van der Waals surface area contributed by atoms with Gasteiger partial charge in [-0.05, 0) is 23.8 Å². The Labute approximate surface area is 152 Å². The molecule has 26 heavy (non-hydrogen) atoms. The first kappa shape index (κ1) is 16.4. The highest BCUT2D eigenvalue weighted by Gasteiger charge is 2.13. The van der Waals surface area contributed by atoms with Crippen molar-refractivity contribution in [2.75, 3.05) is 7.11 Å². The van der Waals surface area contributed by atoms with E-state index >= 15 is 0 Å². The Hall–Kier alpha value is -3.11. The summed E-state index contributed by atoms with van der Waals surface area (Å²) in [7, 11) is 1.70. The van der Waals surface area contributed by atoms with E-state index < -0.39 is 0 Å². The molecule has 4 heteroatoms. The van der Waals surface area contributed by atoms with Gasteiger partial charge in [-0.1, -0.05) is 59.8 Å². The van der Waals surface area contributed by atoms with E-state index in [1.807, 2.05) is 54.6 Å². The average molecular weight is 344 g/mol. The Morgan fingerprint density at radius 3 is 2.42 bits per heavy atom. The Bertz CT molecular complexity index is 1020. The van der Waals surface area contributed by atoms with Crippen LogP contribution in [0.1, 0.15) is 11.1 Å². The molecule has 0 fully saturated rings. The predicted octanol–water partition coefficient (Wildman–Crippen LogP) is 4.79. The van der Waals surface area contributed by atoms with Gasteiger partial charge in [-0.3, -0.25) is 0 Å². The normalized spacial score (nSPS) is 11.0. The number of hydrogen-bond donors (Lipinski definition) is 1. The number of ether oxygens (including phenoxy) is 1. The minimum absolute atomic E-state index is 0.732. The predicted molar refractivity (Wildman–Crippen MR) is 103 cm³/mol. The summed E-state index contributed by atoms with van der Waals surface area (Å²) in [5.74, 6) is 0.899. The van der Waals surface area contributed by atoms with Crippen LogP contribution in [0.4, 0.5) is 0 Å². The van der Waals surface area contributed by atoms with Crippen molar-refractivity contribution in [2.45, 2.75) is 13.1 Å². The molecule has 0 saturated heterocycles. The summed E-state index contributed by atoms with van der Waals surface area (Å²) in [6, 6.07) is 24.3. The number of nitrogens with one attached hydrogen (secondary N) is 1. The lowest BCUT2D eigenvalue weighted by Gasteiger charge is -2.11. The van der Waals surface area contributed by atoms with E-state index in [9.17, 15) is 0 Å². The molecule has 0 aliphatic rings. The van der Waals surface area contributed by atoms with Crippen LogP contribution in [0.5, 0.6) is 5.75 Å². The van der Waals surface area contributed by atoms with Gasteiger partial charge in [0.1, 0.15) is 11.4 Å². The van der Waals surface area contributed by atoms with Crippen molar-refractivity contribution in [1.82, 2.24) is 10.5 Å². The van der Waals surface area contributed by atoms with Crippen molar-refractivity contribution in [3.05, 3.63) is 83.9 Å². The van der Waals surface area contributed by atoms with Crippen LogP contribution in [0.25, 0.3) is 22.2 Å². The lowest BCUT2D eigenvalue weighted by atomic mass is 10.0. The minimum atomic E-state index is 0.732. The molecule has 0 radical (unpaired) electrons. The van der Waals surface area contributed by atoms with Gasteiger partial charge in [0.25, 0.3) is 0 Å². The third-order valence-corrected chi connectivity index (χ3v) is 4.47. The summed E-state index contributed by atoms with van der Waals surface area (Å²) in [5.41, 5.74) is 5.10. The SMILES string of the molecule is COc1ccccc1CNCc1ccccc1-c1noc2ccccc12. The lowest BCUT2D eigenvalue weighted by molar-refractivity contribution is 0.407. The van der Waals surface area contributed by atoms with E-state index in [1.54, 1.807) is 7.11 Å². The number of benzene rings is 3. The fraction of sp³-hybridized carbons (Fsp3) is 0.136. The van der Waals surface area contributed by atoms with Gasteiger partial charge < -0.3 is 14.6 Å². The molecule has 0 aliphatic carbocycles. The van der Waals surface area contributed by atoms with Gasteiger partial charge in [0.05, 0.1) is 7.11 Å². The lowest BCUT2D eigenvalue weighted by Crippen LogP contribution is -2.14. The van der Waals surface area contributed by atoms with Gasteiger partial charge in [0.15, 0.2) is 5.58 Å². The van der Waals surface area contributed by atoms with Gasteiger partial charge in [-0.2, -0.15) is 0 Å². The van der Waals surface area contributed by atoms with Crippen LogP contribution in [-0.2, 0) is 13.1 Å². The number of fused-ring (bicyclic) bond motifs is 1. The number of rotatable bonds is 6. The highest BCUT2D eigenvalue weighted by Crippen LogP contribution is 2.30. The zero-order chi connectivity index (χ0) is 17.8. The maximum absolute atomic E-state index is 5.48. The van der Waals surface area contributed by atoms with Crippen molar-refractivity contribution in [3.63, 3.8) is 0 Å². The van der Waals surface area contributed by atoms with Crippen LogP contribution < -0.4 is 10.1 Å². The van der Waals surface area contributed by atoms with Gasteiger partial charge in [-0.25, -0.2) is 0 Å². The fourth-order valence-corrected chi connectivity index (χ4v) is 3.17. The first-order valence-corrected chi connectivity index (χ1v) is 8.62. The van der Waals surface area contributed by atoms with Crippen molar-refractivity contribution in [1.29, 1.82) is 0 Å². The van der Waals surface area contributed by atoms with Gasteiger partial charge in [-0.15, -0.1) is 0 Å². The zero-order valence-electron chi connectivity index (χ0n) is 14.6. The van der Waals surface area contributed by atoms with Gasteiger partial charge in [0.2, 0.25) is 0 Å². The molecule has 4 aromatic rings. The zero-order valence-corrected chi connectivity index (χ0v) is 14.6. The summed E-state index contributed by atoms with van der Waals surface area (Å²) < 4.78 is 10.9. The maximum atomic E-state index is 5.48. The first-order chi connectivity index (χ1) is 12.9.